The number of nitrogens with one attached hydrogen (secondary N) is 1. The molecule has 0 atom stereocenters. The van der Waals surface area contributed by atoms with E-state index in [0.717, 1.165) is 17.4 Å². The molecule has 0 saturated carbocycles. The van der Waals surface area contributed by atoms with Crippen LogP contribution in [0.4, 0.5) is 5.69 Å². The Kier molecular flexibility index (Phi) is 5.05. The number of ether oxygens (including phenoxy) is 1. The Morgan fingerprint density at radius 1 is 1.13 bits per heavy atom. The summed E-state index contributed by atoms with van der Waals surface area (Å²) in [6.07, 6.45) is 1.12. The third-order valence-corrected chi connectivity index (χ3v) is 4.36. The number of sulfone groups is 1. The van der Waals surface area contributed by atoms with E-state index in [1.54, 1.807) is 12.1 Å². The Hall–Kier alpha value is -2.34. The Labute approximate surface area is 136 Å². The molecule has 0 aliphatic carbocycles. The molecule has 0 aliphatic heterocycles. The van der Waals surface area contributed by atoms with Crippen LogP contribution in [0.1, 0.15) is 11.1 Å². The van der Waals surface area contributed by atoms with Crippen LogP contribution in [0.2, 0.25) is 0 Å². The van der Waals surface area contributed by atoms with Crippen molar-refractivity contribution in [2.75, 3.05) is 18.2 Å². The van der Waals surface area contributed by atoms with Crippen LogP contribution < -0.4 is 10.1 Å². The summed E-state index contributed by atoms with van der Waals surface area (Å²) in [4.78, 5) is 12.1. The van der Waals surface area contributed by atoms with E-state index in [2.05, 4.69) is 5.32 Å². The van der Waals surface area contributed by atoms with E-state index >= 15 is 0 Å². The second-order valence-corrected chi connectivity index (χ2v) is 7.42. The molecular weight excluding hydrogens is 314 g/mol. The second-order valence-electron chi connectivity index (χ2n) is 5.41. The fourth-order valence-corrected chi connectivity index (χ4v) is 2.67. The zero-order valence-corrected chi connectivity index (χ0v) is 14.1. The van der Waals surface area contributed by atoms with Gasteiger partial charge in [0.2, 0.25) is 0 Å². The number of benzene rings is 2. The molecule has 2 aromatic rings. The average Bonchev–Trinajstić information content (AvgIpc) is 2.47. The topological polar surface area (TPSA) is 72.5 Å². The van der Waals surface area contributed by atoms with Gasteiger partial charge in [-0.15, -0.1) is 0 Å². The van der Waals surface area contributed by atoms with Gasteiger partial charge in [0.15, 0.2) is 16.4 Å². The molecule has 0 spiro atoms. The maximum atomic E-state index is 12.0. The number of amides is 1. The molecule has 122 valence electrons. The third-order valence-electron chi connectivity index (χ3n) is 3.25. The first-order valence-corrected chi connectivity index (χ1v) is 8.95. The molecule has 0 bridgehead atoms. The minimum absolute atomic E-state index is 0.145. The number of carbonyl (C=O) groups is 1. The number of aryl methyl sites for hydroxylation is 2. The standard InChI is InChI=1S/C17H19NO4S/c1-12-7-8-13(2)16(9-12)22-11-17(19)18-14-5-4-6-15(10-14)23(3,20)21/h4-10H,11H2,1-3H3,(H,18,19). The van der Waals surface area contributed by atoms with E-state index in [9.17, 15) is 13.2 Å². The molecule has 0 radical (unpaired) electrons. The van der Waals surface area contributed by atoms with Crippen molar-refractivity contribution in [3.8, 4) is 5.75 Å². The van der Waals surface area contributed by atoms with Gasteiger partial charge < -0.3 is 10.1 Å². The Morgan fingerprint density at radius 3 is 2.57 bits per heavy atom. The predicted octanol–water partition coefficient (Wildman–Crippen LogP) is 2.72. The zero-order chi connectivity index (χ0) is 17.0. The molecule has 2 aromatic carbocycles. The third kappa shape index (κ3) is 4.82. The van der Waals surface area contributed by atoms with Gasteiger partial charge in [-0.25, -0.2) is 8.42 Å². The van der Waals surface area contributed by atoms with Crippen molar-refractivity contribution in [1.82, 2.24) is 0 Å². The average molecular weight is 333 g/mol. The van der Waals surface area contributed by atoms with Gasteiger partial charge in [0, 0.05) is 11.9 Å². The summed E-state index contributed by atoms with van der Waals surface area (Å²) in [5.41, 5.74) is 2.41. The van der Waals surface area contributed by atoms with Gasteiger partial charge in [-0.2, -0.15) is 0 Å². The second kappa shape index (κ2) is 6.83. The van der Waals surface area contributed by atoms with Crippen molar-refractivity contribution in [3.63, 3.8) is 0 Å². The van der Waals surface area contributed by atoms with E-state index in [4.69, 9.17) is 4.74 Å². The maximum absolute atomic E-state index is 12.0. The molecule has 1 N–H and O–H groups in total. The van der Waals surface area contributed by atoms with Crippen molar-refractivity contribution < 1.29 is 17.9 Å². The maximum Gasteiger partial charge on any atom is 0.262 e. The van der Waals surface area contributed by atoms with Crippen molar-refractivity contribution in [3.05, 3.63) is 53.6 Å². The van der Waals surface area contributed by atoms with Crippen LogP contribution in [0, 0.1) is 13.8 Å². The molecule has 1 amide bonds. The van der Waals surface area contributed by atoms with E-state index < -0.39 is 9.84 Å². The summed E-state index contributed by atoms with van der Waals surface area (Å²) in [5.74, 6) is 0.307. The molecule has 0 fully saturated rings. The largest absolute Gasteiger partial charge is 0.483 e. The minimum atomic E-state index is -3.31. The number of hydrogen-bond acceptors (Lipinski definition) is 4. The van der Waals surface area contributed by atoms with Crippen LogP contribution in [-0.4, -0.2) is 27.2 Å². The Bertz CT molecular complexity index is 828. The lowest BCUT2D eigenvalue weighted by molar-refractivity contribution is -0.118. The molecule has 0 aliphatic rings. The van der Waals surface area contributed by atoms with E-state index in [0.29, 0.717) is 11.4 Å². The fourth-order valence-electron chi connectivity index (χ4n) is 2.01. The zero-order valence-electron chi connectivity index (χ0n) is 13.3. The number of carbonyl (C=O) groups excluding carboxylic acids is 1. The van der Waals surface area contributed by atoms with Crippen LogP contribution in [0.3, 0.4) is 0 Å². The molecule has 23 heavy (non-hydrogen) atoms. The Morgan fingerprint density at radius 2 is 1.87 bits per heavy atom. The fraction of sp³-hybridized carbons (Fsp3) is 0.235. The summed E-state index contributed by atoms with van der Waals surface area (Å²) < 4.78 is 28.5. The summed E-state index contributed by atoms with van der Waals surface area (Å²) >= 11 is 0. The highest BCUT2D eigenvalue weighted by Crippen LogP contribution is 2.19. The minimum Gasteiger partial charge on any atom is -0.483 e. The summed E-state index contributed by atoms with van der Waals surface area (Å²) in [5, 5.41) is 2.63. The lowest BCUT2D eigenvalue weighted by atomic mass is 10.1. The number of anilines is 1. The van der Waals surface area contributed by atoms with Gasteiger partial charge in [0.05, 0.1) is 4.90 Å². The first-order chi connectivity index (χ1) is 10.8. The van der Waals surface area contributed by atoms with Crippen molar-refractivity contribution in [2.24, 2.45) is 0 Å². The van der Waals surface area contributed by atoms with Crippen molar-refractivity contribution >= 4 is 21.4 Å². The molecule has 0 aromatic heterocycles. The van der Waals surface area contributed by atoms with Gasteiger partial charge in [-0.3, -0.25) is 4.79 Å². The summed E-state index contributed by atoms with van der Waals surface area (Å²) in [6.45, 7) is 3.71. The molecule has 6 heteroatoms. The molecular formula is C17H19NO4S. The lowest BCUT2D eigenvalue weighted by Crippen LogP contribution is -2.20. The van der Waals surface area contributed by atoms with Gasteiger partial charge in [0.25, 0.3) is 5.91 Å². The van der Waals surface area contributed by atoms with Crippen LogP contribution in [0.15, 0.2) is 47.4 Å². The van der Waals surface area contributed by atoms with Crippen molar-refractivity contribution in [2.45, 2.75) is 18.7 Å². The van der Waals surface area contributed by atoms with Crippen LogP contribution in [0.25, 0.3) is 0 Å². The Balaban J connectivity index is 2.01. The first-order valence-electron chi connectivity index (χ1n) is 7.06. The monoisotopic (exact) mass is 333 g/mol. The molecule has 5 nitrogen and oxygen atoms in total. The van der Waals surface area contributed by atoms with Gasteiger partial charge >= 0.3 is 0 Å². The highest BCUT2D eigenvalue weighted by atomic mass is 32.2. The quantitative estimate of drug-likeness (QED) is 0.913. The number of hydrogen-bond donors (Lipinski definition) is 1. The predicted molar refractivity (Wildman–Crippen MR) is 89.6 cm³/mol. The van der Waals surface area contributed by atoms with Gasteiger partial charge in [-0.05, 0) is 49.2 Å². The van der Waals surface area contributed by atoms with Crippen LogP contribution in [0.5, 0.6) is 5.75 Å². The summed E-state index contributed by atoms with van der Waals surface area (Å²) in [7, 11) is -3.31. The molecule has 0 unspecified atom stereocenters. The highest BCUT2D eigenvalue weighted by molar-refractivity contribution is 7.90. The SMILES string of the molecule is Cc1ccc(C)c(OCC(=O)Nc2cccc(S(C)(=O)=O)c2)c1. The van der Waals surface area contributed by atoms with Gasteiger partial charge in [0.1, 0.15) is 5.75 Å². The lowest BCUT2D eigenvalue weighted by Gasteiger charge is -2.11. The first kappa shape index (κ1) is 17.0. The van der Waals surface area contributed by atoms with Gasteiger partial charge in [-0.1, -0.05) is 18.2 Å². The number of rotatable bonds is 5. The van der Waals surface area contributed by atoms with E-state index in [1.165, 1.54) is 12.1 Å². The van der Waals surface area contributed by atoms with E-state index in [-0.39, 0.29) is 17.4 Å². The molecule has 0 heterocycles. The molecule has 2 rings (SSSR count). The molecule has 0 saturated heterocycles. The van der Waals surface area contributed by atoms with Crippen LogP contribution in [-0.2, 0) is 14.6 Å². The van der Waals surface area contributed by atoms with Crippen LogP contribution >= 0.6 is 0 Å². The highest BCUT2D eigenvalue weighted by Gasteiger charge is 2.10. The smallest absolute Gasteiger partial charge is 0.262 e. The van der Waals surface area contributed by atoms with Crippen molar-refractivity contribution in [1.29, 1.82) is 0 Å². The normalized spacial score (nSPS) is 11.1. The van der Waals surface area contributed by atoms with E-state index in [1.807, 2.05) is 32.0 Å². The summed E-state index contributed by atoms with van der Waals surface area (Å²) in [6, 6.07) is 11.9.